The molecule has 2 aromatic rings. The fraction of sp³-hybridized carbons (Fsp3) is 0.542. The van der Waals surface area contributed by atoms with Crippen LogP contribution in [-0.2, 0) is 22.4 Å². The summed E-state index contributed by atoms with van der Waals surface area (Å²) in [6.45, 7) is 2.16. The van der Waals surface area contributed by atoms with Crippen molar-refractivity contribution < 1.29 is 18.7 Å². The molecule has 2 fully saturated rings. The SMILES string of the molecule is CCOC(=O)C1C(NC(=O)c2nn(-c3ccc(F)cc3)c3c2CCCC3)C2CC[C@@H]1C2. The predicted octanol–water partition coefficient (Wildman–Crippen LogP) is 3.60. The molecule has 6 nitrogen and oxygen atoms in total. The molecule has 3 aliphatic carbocycles. The van der Waals surface area contributed by atoms with Gasteiger partial charge in [0.25, 0.3) is 5.91 Å². The Bertz CT molecular complexity index is 1000. The first-order valence-electron chi connectivity index (χ1n) is 11.4. The Labute approximate surface area is 181 Å². The van der Waals surface area contributed by atoms with Gasteiger partial charge in [-0.3, -0.25) is 9.59 Å². The van der Waals surface area contributed by atoms with E-state index < -0.39 is 0 Å². The van der Waals surface area contributed by atoms with Crippen molar-refractivity contribution in [3.8, 4) is 5.69 Å². The number of fused-ring (bicyclic) bond motifs is 3. The van der Waals surface area contributed by atoms with Gasteiger partial charge >= 0.3 is 5.97 Å². The minimum atomic E-state index is -0.302. The summed E-state index contributed by atoms with van der Waals surface area (Å²) in [4.78, 5) is 26.0. The van der Waals surface area contributed by atoms with E-state index in [2.05, 4.69) is 10.4 Å². The molecule has 0 saturated heterocycles. The Hall–Kier alpha value is -2.70. The molecule has 7 heteroatoms. The third-order valence-electron chi connectivity index (χ3n) is 7.24. The van der Waals surface area contributed by atoms with Gasteiger partial charge in [0.15, 0.2) is 5.69 Å². The van der Waals surface area contributed by atoms with E-state index in [0.29, 0.717) is 24.1 Å². The number of esters is 1. The van der Waals surface area contributed by atoms with Crippen LogP contribution in [0.2, 0.25) is 0 Å². The van der Waals surface area contributed by atoms with Gasteiger partial charge in [0, 0.05) is 17.3 Å². The lowest BCUT2D eigenvalue weighted by Gasteiger charge is -2.30. The lowest BCUT2D eigenvalue weighted by molar-refractivity contribution is -0.150. The molecule has 2 bridgehead atoms. The second-order valence-corrected chi connectivity index (χ2v) is 8.98. The highest BCUT2D eigenvalue weighted by atomic mass is 19.1. The molecule has 31 heavy (non-hydrogen) atoms. The van der Waals surface area contributed by atoms with Crippen molar-refractivity contribution in [3.63, 3.8) is 0 Å². The van der Waals surface area contributed by atoms with Crippen LogP contribution in [0, 0.1) is 23.6 Å². The van der Waals surface area contributed by atoms with Crippen molar-refractivity contribution in [3.05, 3.63) is 47.0 Å². The second-order valence-electron chi connectivity index (χ2n) is 8.98. The van der Waals surface area contributed by atoms with Crippen LogP contribution in [0.5, 0.6) is 0 Å². The van der Waals surface area contributed by atoms with E-state index >= 15 is 0 Å². The lowest BCUT2D eigenvalue weighted by atomic mass is 9.84. The predicted molar refractivity (Wildman–Crippen MR) is 112 cm³/mol. The van der Waals surface area contributed by atoms with E-state index in [9.17, 15) is 14.0 Å². The third kappa shape index (κ3) is 3.54. The van der Waals surface area contributed by atoms with Crippen molar-refractivity contribution in [2.24, 2.45) is 17.8 Å². The Balaban J connectivity index is 1.44. The van der Waals surface area contributed by atoms with Gasteiger partial charge in [-0.1, -0.05) is 0 Å². The van der Waals surface area contributed by atoms with Crippen molar-refractivity contribution >= 4 is 11.9 Å². The zero-order valence-corrected chi connectivity index (χ0v) is 17.8. The lowest BCUT2D eigenvalue weighted by Crippen LogP contribution is -2.47. The molecule has 1 aromatic carbocycles. The van der Waals surface area contributed by atoms with E-state index in [1.165, 1.54) is 12.1 Å². The van der Waals surface area contributed by atoms with Crippen LogP contribution >= 0.6 is 0 Å². The number of carbonyl (C=O) groups excluding carboxylic acids is 2. The van der Waals surface area contributed by atoms with E-state index in [0.717, 1.165) is 61.9 Å². The maximum atomic E-state index is 13.4. The number of carbonyl (C=O) groups is 2. The maximum absolute atomic E-state index is 13.4. The highest BCUT2D eigenvalue weighted by molar-refractivity contribution is 5.95. The molecular weight excluding hydrogens is 397 g/mol. The average Bonchev–Trinajstić information content (AvgIpc) is 3.47. The number of hydrogen-bond donors (Lipinski definition) is 1. The summed E-state index contributed by atoms with van der Waals surface area (Å²) in [5.41, 5.74) is 3.19. The molecule has 5 rings (SSSR count). The summed E-state index contributed by atoms with van der Waals surface area (Å²) in [6.07, 6.45) is 6.73. The van der Waals surface area contributed by atoms with Crippen molar-refractivity contribution in [1.82, 2.24) is 15.1 Å². The van der Waals surface area contributed by atoms with Crippen molar-refractivity contribution in [2.75, 3.05) is 6.61 Å². The number of nitrogens with one attached hydrogen (secondary N) is 1. The number of nitrogens with zero attached hydrogens (tertiary/aromatic N) is 2. The van der Waals surface area contributed by atoms with Crippen LogP contribution in [0.1, 0.15) is 60.8 Å². The van der Waals surface area contributed by atoms with Crippen LogP contribution in [0.25, 0.3) is 5.69 Å². The molecule has 1 aromatic heterocycles. The van der Waals surface area contributed by atoms with Gasteiger partial charge in [-0.05, 0) is 88.0 Å². The molecule has 0 radical (unpaired) electrons. The third-order valence-corrected chi connectivity index (χ3v) is 7.24. The zero-order valence-electron chi connectivity index (χ0n) is 17.8. The molecule has 0 spiro atoms. The van der Waals surface area contributed by atoms with Crippen LogP contribution in [0.4, 0.5) is 4.39 Å². The van der Waals surface area contributed by atoms with Gasteiger partial charge in [-0.15, -0.1) is 0 Å². The minimum absolute atomic E-state index is 0.194. The molecule has 1 N–H and O–H groups in total. The summed E-state index contributed by atoms with van der Waals surface area (Å²) >= 11 is 0. The van der Waals surface area contributed by atoms with Crippen molar-refractivity contribution in [2.45, 2.75) is 57.9 Å². The number of benzene rings is 1. The Morgan fingerprint density at radius 3 is 2.68 bits per heavy atom. The van der Waals surface area contributed by atoms with Crippen LogP contribution < -0.4 is 5.32 Å². The molecule has 164 valence electrons. The van der Waals surface area contributed by atoms with Gasteiger partial charge in [0.1, 0.15) is 5.82 Å². The van der Waals surface area contributed by atoms with Gasteiger partial charge in [0.05, 0.1) is 18.2 Å². The molecule has 1 amide bonds. The molecule has 3 unspecified atom stereocenters. The van der Waals surface area contributed by atoms with E-state index in [1.54, 1.807) is 16.8 Å². The quantitative estimate of drug-likeness (QED) is 0.743. The molecule has 4 atom stereocenters. The topological polar surface area (TPSA) is 73.2 Å². The zero-order chi connectivity index (χ0) is 21.5. The van der Waals surface area contributed by atoms with Crippen LogP contribution in [-0.4, -0.2) is 34.3 Å². The Kier molecular flexibility index (Phi) is 5.28. The summed E-state index contributed by atoms with van der Waals surface area (Å²) in [6, 6.07) is 5.99. The minimum Gasteiger partial charge on any atom is -0.466 e. The van der Waals surface area contributed by atoms with Gasteiger partial charge in [0.2, 0.25) is 0 Å². The number of amides is 1. The standard InChI is InChI=1S/C24H28FN3O3/c1-2-31-24(30)20-14-7-8-15(13-14)21(20)26-23(29)22-18-5-3-4-6-19(18)28(27-22)17-11-9-16(25)10-12-17/h9-12,14-15,20-21H,2-8,13H2,1H3,(H,26,29)/t14-,15?,20?,21?/m1/s1. The van der Waals surface area contributed by atoms with E-state index in [-0.39, 0.29) is 29.7 Å². The molecule has 1 heterocycles. The first kappa shape index (κ1) is 20.2. The first-order chi connectivity index (χ1) is 15.1. The normalized spacial score (nSPS) is 26.5. The highest BCUT2D eigenvalue weighted by Crippen LogP contribution is 2.49. The number of hydrogen-bond acceptors (Lipinski definition) is 4. The molecular formula is C24H28FN3O3. The summed E-state index contributed by atoms with van der Waals surface area (Å²) in [5, 5.41) is 7.83. The van der Waals surface area contributed by atoms with Crippen LogP contribution in [0.15, 0.2) is 24.3 Å². The van der Waals surface area contributed by atoms with Gasteiger partial charge < -0.3 is 10.1 Å². The summed E-state index contributed by atoms with van der Waals surface area (Å²) in [7, 11) is 0. The Morgan fingerprint density at radius 2 is 1.90 bits per heavy atom. The van der Waals surface area contributed by atoms with E-state index in [1.807, 2.05) is 6.92 Å². The fourth-order valence-corrected chi connectivity index (χ4v) is 5.87. The van der Waals surface area contributed by atoms with Gasteiger partial charge in [-0.25, -0.2) is 9.07 Å². The Morgan fingerprint density at radius 1 is 1.16 bits per heavy atom. The highest BCUT2D eigenvalue weighted by Gasteiger charge is 2.52. The monoisotopic (exact) mass is 425 g/mol. The number of ether oxygens (including phenoxy) is 1. The largest absolute Gasteiger partial charge is 0.466 e. The molecule has 0 aliphatic heterocycles. The summed E-state index contributed by atoms with van der Waals surface area (Å²) < 4.78 is 20.5. The first-order valence-corrected chi connectivity index (χ1v) is 11.4. The number of rotatable bonds is 5. The second kappa shape index (κ2) is 8.09. The van der Waals surface area contributed by atoms with E-state index in [4.69, 9.17) is 4.74 Å². The number of aromatic nitrogens is 2. The van der Waals surface area contributed by atoms with Crippen LogP contribution in [0.3, 0.4) is 0 Å². The molecule has 2 saturated carbocycles. The summed E-state index contributed by atoms with van der Waals surface area (Å²) in [5.74, 6) is -0.371. The van der Waals surface area contributed by atoms with Gasteiger partial charge in [-0.2, -0.15) is 5.10 Å². The van der Waals surface area contributed by atoms with Crippen molar-refractivity contribution in [1.29, 1.82) is 0 Å². The molecule has 3 aliphatic rings. The maximum Gasteiger partial charge on any atom is 0.311 e. The fourth-order valence-electron chi connectivity index (χ4n) is 5.87. The smallest absolute Gasteiger partial charge is 0.311 e. The number of halogens is 1. The average molecular weight is 426 g/mol.